The van der Waals surface area contributed by atoms with Crippen molar-refractivity contribution in [1.29, 1.82) is 0 Å². The lowest BCUT2D eigenvalue weighted by Crippen LogP contribution is -2.05. The zero-order valence-electron chi connectivity index (χ0n) is 8.76. The van der Waals surface area contributed by atoms with Crippen LogP contribution >= 0.6 is 15.9 Å². The summed E-state index contributed by atoms with van der Waals surface area (Å²) in [7, 11) is 1.86. The fourth-order valence-corrected chi connectivity index (χ4v) is 2.24. The highest BCUT2D eigenvalue weighted by atomic mass is 79.9. The van der Waals surface area contributed by atoms with Crippen LogP contribution in [-0.4, -0.2) is 12.2 Å². The Labute approximate surface area is 93.5 Å². The lowest BCUT2D eigenvalue weighted by Gasteiger charge is -2.12. The topological polar surface area (TPSA) is 32.3 Å². The van der Waals surface area contributed by atoms with E-state index < -0.39 is 0 Å². The fraction of sp³-hybridized carbons (Fsp3) is 0.455. The minimum atomic E-state index is 0.367. The molecule has 0 atom stereocenters. The maximum atomic E-state index is 9.73. The summed E-state index contributed by atoms with van der Waals surface area (Å²) in [6, 6.07) is 3.81. The zero-order valence-corrected chi connectivity index (χ0v) is 10.4. The van der Waals surface area contributed by atoms with Crippen LogP contribution in [0.5, 0.6) is 5.75 Å². The Morgan fingerprint density at radius 3 is 2.57 bits per heavy atom. The second-order valence-corrected chi connectivity index (χ2v) is 4.54. The van der Waals surface area contributed by atoms with E-state index in [2.05, 4.69) is 35.1 Å². The predicted molar refractivity (Wildman–Crippen MR) is 62.7 cm³/mol. The van der Waals surface area contributed by atoms with Crippen LogP contribution in [0.15, 0.2) is 16.6 Å². The summed E-state index contributed by atoms with van der Waals surface area (Å²) in [5.74, 6) is 0.783. The van der Waals surface area contributed by atoms with Crippen LogP contribution in [0.25, 0.3) is 0 Å². The van der Waals surface area contributed by atoms with Gasteiger partial charge in [-0.25, -0.2) is 0 Å². The van der Waals surface area contributed by atoms with Crippen molar-refractivity contribution in [3.63, 3.8) is 0 Å². The summed E-state index contributed by atoms with van der Waals surface area (Å²) in [5, 5.41) is 12.8. The van der Waals surface area contributed by atoms with Gasteiger partial charge in [0.1, 0.15) is 5.75 Å². The Bertz CT molecular complexity index is 323. The average Bonchev–Trinajstić information content (AvgIpc) is 2.10. The smallest absolute Gasteiger partial charge is 0.120 e. The molecular formula is C11H16BrNO. The van der Waals surface area contributed by atoms with Gasteiger partial charge in [-0.2, -0.15) is 0 Å². The van der Waals surface area contributed by atoms with E-state index in [1.165, 1.54) is 0 Å². The third kappa shape index (κ3) is 2.49. The van der Waals surface area contributed by atoms with Crippen LogP contribution < -0.4 is 5.32 Å². The first-order chi connectivity index (χ1) is 6.56. The fourth-order valence-electron chi connectivity index (χ4n) is 1.39. The molecule has 1 aromatic rings. The molecule has 0 bridgehead atoms. The van der Waals surface area contributed by atoms with Gasteiger partial charge in [0.2, 0.25) is 0 Å². The summed E-state index contributed by atoms with van der Waals surface area (Å²) in [6.07, 6.45) is 0. The van der Waals surface area contributed by atoms with Crippen LogP contribution in [0.3, 0.4) is 0 Å². The highest BCUT2D eigenvalue weighted by Crippen LogP contribution is 2.31. The second-order valence-electron chi connectivity index (χ2n) is 3.69. The lowest BCUT2D eigenvalue weighted by atomic mass is 10.0. The molecule has 0 unspecified atom stereocenters. The summed E-state index contributed by atoms with van der Waals surface area (Å²) in [6.45, 7) is 4.90. The first-order valence-electron chi connectivity index (χ1n) is 4.72. The maximum Gasteiger partial charge on any atom is 0.120 e. The molecule has 0 aromatic heterocycles. The molecule has 0 radical (unpaired) electrons. The Kier molecular flexibility index (Phi) is 3.96. The van der Waals surface area contributed by atoms with Crippen LogP contribution in [0.1, 0.15) is 30.9 Å². The molecule has 0 saturated heterocycles. The van der Waals surface area contributed by atoms with Crippen LogP contribution in [0, 0.1) is 0 Å². The number of hydrogen-bond acceptors (Lipinski definition) is 2. The van der Waals surface area contributed by atoms with Crippen molar-refractivity contribution in [3.8, 4) is 5.75 Å². The van der Waals surface area contributed by atoms with Crippen molar-refractivity contribution in [1.82, 2.24) is 5.32 Å². The Morgan fingerprint density at radius 1 is 1.43 bits per heavy atom. The molecule has 0 saturated carbocycles. The minimum absolute atomic E-state index is 0.367. The molecule has 0 aliphatic rings. The van der Waals surface area contributed by atoms with E-state index in [1.54, 1.807) is 0 Å². The van der Waals surface area contributed by atoms with Crippen molar-refractivity contribution in [2.24, 2.45) is 0 Å². The largest absolute Gasteiger partial charge is 0.508 e. The van der Waals surface area contributed by atoms with Crippen LogP contribution in [0.4, 0.5) is 0 Å². The number of halogens is 1. The third-order valence-electron chi connectivity index (χ3n) is 2.19. The number of aromatic hydroxyl groups is 1. The molecule has 14 heavy (non-hydrogen) atoms. The zero-order chi connectivity index (χ0) is 10.7. The molecular weight excluding hydrogens is 242 g/mol. The van der Waals surface area contributed by atoms with Gasteiger partial charge in [-0.05, 0) is 30.7 Å². The van der Waals surface area contributed by atoms with Crippen LogP contribution in [0.2, 0.25) is 0 Å². The quantitative estimate of drug-likeness (QED) is 0.873. The van der Waals surface area contributed by atoms with Gasteiger partial charge in [0.05, 0.1) is 0 Å². The van der Waals surface area contributed by atoms with E-state index in [0.29, 0.717) is 18.2 Å². The minimum Gasteiger partial charge on any atom is -0.508 e. The number of rotatable bonds is 3. The summed E-state index contributed by atoms with van der Waals surface area (Å²) in [4.78, 5) is 0. The van der Waals surface area contributed by atoms with Gasteiger partial charge in [0.15, 0.2) is 0 Å². The standard InChI is InChI=1S/C11H16BrNO/c1-7(2)9-5-11(14)8(6-13-3)4-10(9)12/h4-5,7,13-14H,6H2,1-3H3. The Hall–Kier alpha value is -0.540. The number of hydrogen-bond donors (Lipinski definition) is 2. The first kappa shape index (κ1) is 11.5. The number of nitrogens with one attached hydrogen (secondary N) is 1. The molecule has 0 aliphatic heterocycles. The normalized spacial score (nSPS) is 10.9. The van der Waals surface area contributed by atoms with Gasteiger partial charge < -0.3 is 10.4 Å². The molecule has 3 heteroatoms. The van der Waals surface area contributed by atoms with Gasteiger partial charge in [-0.3, -0.25) is 0 Å². The Balaban J connectivity index is 3.10. The summed E-state index contributed by atoms with van der Waals surface area (Å²) in [5.41, 5.74) is 2.06. The lowest BCUT2D eigenvalue weighted by molar-refractivity contribution is 0.464. The van der Waals surface area contributed by atoms with E-state index in [4.69, 9.17) is 0 Å². The molecule has 1 rings (SSSR count). The number of benzene rings is 1. The molecule has 2 N–H and O–H groups in total. The number of phenols is 1. The molecule has 0 amide bonds. The van der Waals surface area contributed by atoms with E-state index in [9.17, 15) is 5.11 Å². The first-order valence-corrected chi connectivity index (χ1v) is 5.51. The van der Waals surface area contributed by atoms with Crippen molar-refractivity contribution in [2.45, 2.75) is 26.3 Å². The van der Waals surface area contributed by atoms with Gasteiger partial charge in [0, 0.05) is 16.6 Å². The monoisotopic (exact) mass is 257 g/mol. The molecule has 78 valence electrons. The summed E-state index contributed by atoms with van der Waals surface area (Å²) >= 11 is 3.51. The van der Waals surface area contributed by atoms with E-state index in [0.717, 1.165) is 15.6 Å². The van der Waals surface area contributed by atoms with Crippen molar-refractivity contribution in [2.75, 3.05) is 7.05 Å². The molecule has 0 heterocycles. The number of phenolic OH excluding ortho intramolecular Hbond substituents is 1. The highest BCUT2D eigenvalue weighted by molar-refractivity contribution is 9.10. The summed E-state index contributed by atoms with van der Waals surface area (Å²) < 4.78 is 1.07. The van der Waals surface area contributed by atoms with Gasteiger partial charge >= 0.3 is 0 Å². The van der Waals surface area contributed by atoms with Gasteiger partial charge in [0.25, 0.3) is 0 Å². The van der Waals surface area contributed by atoms with E-state index in [1.807, 2.05) is 19.2 Å². The van der Waals surface area contributed by atoms with Gasteiger partial charge in [-0.15, -0.1) is 0 Å². The molecule has 0 fully saturated rings. The second kappa shape index (κ2) is 4.80. The van der Waals surface area contributed by atoms with Crippen molar-refractivity contribution in [3.05, 3.63) is 27.7 Å². The predicted octanol–water partition coefficient (Wildman–Crippen LogP) is 3.00. The highest BCUT2D eigenvalue weighted by Gasteiger charge is 2.09. The molecule has 1 aromatic carbocycles. The van der Waals surface area contributed by atoms with E-state index in [-0.39, 0.29) is 0 Å². The molecule has 0 spiro atoms. The molecule has 0 aliphatic carbocycles. The maximum absolute atomic E-state index is 9.73. The van der Waals surface area contributed by atoms with Gasteiger partial charge in [-0.1, -0.05) is 29.8 Å². The Morgan fingerprint density at radius 2 is 2.07 bits per heavy atom. The van der Waals surface area contributed by atoms with E-state index >= 15 is 0 Å². The van der Waals surface area contributed by atoms with Crippen molar-refractivity contribution < 1.29 is 5.11 Å². The third-order valence-corrected chi connectivity index (χ3v) is 2.87. The molecule has 2 nitrogen and oxygen atoms in total. The van der Waals surface area contributed by atoms with Crippen molar-refractivity contribution >= 4 is 15.9 Å². The average molecular weight is 258 g/mol. The SMILES string of the molecule is CNCc1cc(Br)c(C(C)C)cc1O. The van der Waals surface area contributed by atoms with Crippen LogP contribution in [-0.2, 0) is 6.54 Å².